The molecule has 13 heavy (non-hydrogen) atoms. The fraction of sp³-hybridized carbons (Fsp3) is 1.00. The van der Waals surface area contributed by atoms with Gasteiger partial charge in [-0.1, -0.05) is 0 Å². The Balaban J connectivity index is 2.72. The van der Waals surface area contributed by atoms with Crippen LogP contribution in [-0.4, -0.2) is 37.1 Å². The second-order valence-electron chi connectivity index (χ2n) is 3.64. The Morgan fingerprint density at radius 2 is 2.15 bits per heavy atom. The zero-order chi connectivity index (χ0) is 10.1. The maximum atomic E-state index is 11.6. The summed E-state index contributed by atoms with van der Waals surface area (Å²) in [5, 5.41) is 0. The molecule has 1 heterocycles. The van der Waals surface area contributed by atoms with Gasteiger partial charge in [0.25, 0.3) is 0 Å². The van der Waals surface area contributed by atoms with Crippen LogP contribution in [0.25, 0.3) is 0 Å². The van der Waals surface area contributed by atoms with E-state index in [4.69, 9.17) is 5.73 Å². The summed E-state index contributed by atoms with van der Waals surface area (Å²) in [6, 6.07) is 0.229. The highest BCUT2D eigenvalue weighted by molar-refractivity contribution is 7.89. The molecule has 1 fully saturated rings. The first kappa shape index (κ1) is 10.9. The minimum Gasteiger partial charge on any atom is -0.328 e. The molecule has 0 spiro atoms. The maximum Gasteiger partial charge on any atom is 0.214 e. The lowest BCUT2D eigenvalue weighted by molar-refractivity contribution is 0.247. The van der Waals surface area contributed by atoms with E-state index in [-0.39, 0.29) is 17.8 Å². The number of rotatable bonds is 2. The van der Waals surface area contributed by atoms with Gasteiger partial charge in [0.2, 0.25) is 10.0 Å². The molecule has 0 bridgehead atoms. The average Bonchev–Trinajstić information content (AvgIpc) is 2.03. The largest absolute Gasteiger partial charge is 0.328 e. The van der Waals surface area contributed by atoms with Crippen LogP contribution in [0, 0.1) is 0 Å². The van der Waals surface area contributed by atoms with Gasteiger partial charge in [-0.25, -0.2) is 8.42 Å². The second-order valence-corrected chi connectivity index (χ2v) is 5.85. The van der Waals surface area contributed by atoms with Crippen LogP contribution < -0.4 is 5.73 Å². The molecule has 0 saturated carbocycles. The van der Waals surface area contributed by atoms with E-state index in [2.05, 4.69) is 0 Å². The van der Waals surface area contributed by atoms with E-state index in [1.54, 1.807) is 11.2 Å². The van der Waals surface area contributed by atoms with Crippen molar-refractivity contribution >= 4 is 10.0 Å². The maximum absolute atomic E-state index is 11.6. The molecule has 2 N–H and O–H groups in total. The van der Waals surface area contributed by atoms with E-state index in [0.717, 1.165) is 12.8 Å². The smallest absolute Gasteiger partial charge is 0.214 e. The van der Waals surface area contributed by atoms with Crippen LogP contribution in [0.5, 0.6) is 0 Å². The van der Waals surface area contributed by atoms with E-state index in [1.807, 2.05) is 6.92 Å². The predicted molar refractivity (Wildman–Crippen MR) is 52.8 cm³/mol. The van der Waals surface area contributed by atoms with Crippen molar-refractivity contribution < 1.29 is 8.42 Å². The number of hydrogen-bond acceptors (Lipinski definition) is 3. The molecule has 0 aromatic rings. The molecule has 0 aromatic heterocycles. The van der Waals surface area contributed by atoms with Crippen molar-refractivity contribution in [3.05, 3.63) is 0 Å². The Hall–Kier alpha value is -0.130. The summed E-state index contributed by atoms with van der Waals surface area (Å²) >= 11 is 0. The lowest BCUT2D eigenvalue weighted by Crippen LogP contribution is -2.48. The number of hydrogen-bond donors (Lipinski definition) is 1. The minimum absolute atomic E-state index is 0.0636. The highest BCUT2D eigenvalue weighted by Gasteiger charge is 2.30. The number of nitrogens with two attached hydrogens (primary N) is 1. The van der Waals surface area contributed by atoms with Gasteiger partial charge in [-0.15, -0.1) is 0 Å². The number of piperidine rings is 1. The van der Waals surface area contributed by atoms with Crippen LogP contribution in [-0.2, 0) is 10.0 Å². The molecule has 0 amide bonds. The van der Waals surface area contributed by atoms with Crippen LogP contribution in [0.1, 0.15) is 26.7 Å². The molecule has 0 radical (unpaired) electrons. The fourth-order valence-corrected chi connectivity index (χ4v) is 3.12. The van der Waals surface area contributed by atoms with Gasteiger partial charge < -0.3 is 5.73 Å². The lowest BCUT2D eigenvalue weighted by Gasteiger charge is -2.34. The summed E-state index contributed by atoms with van der Waals surface area (Å²) < 4.78 is 24.7. The first-order valence-corrected chi connectivity index (χ1v) is 6.33. The summed E-state index contributed by atoms with van der Waals surface area (Å²) in [7, 11) is -3.02. The first-order valence-electron chi connectivity index (χ1n) is 4.72. The Morgan fingerprint density at radius 1 is 1.54 bits per heavy atom. The summed E-state index contributed by atoms with van der Waals surface area (Å²) in [5.41, 5.74) is 5.75. The quantitative estimate of drug-likeness (QED) is 0.699. The van der Waals surface area contributed by atoms with Crippen molar-refractivity contribution in [3.8, 4) is 0 Å². The van der Waals surface area contributed by atoms with Gasteiger partial charge in [0.15, 0.2) is 0 Å². The normalized spacial score (nSPS) is 31.9. The fourth-order valence-electron chi connectivity index (χ4n) is 1.77. The van der Waals surface area contributed by atoms with Crippen LogP contribution in [0.3, 0.4) is 0 Å². The Bertz CT molecular complexity index is 263. The highest BCUT2D eigenvalue weighted by atomic mass is 32.2. The molecule has 0 aliphatic carbocycles. The summed E-state index contributed by atoms with van der Waals surface area (Å²) in [6.45, 7) is 4.18. The first-order chi connectivity index (χ1) is 5.97. The lowest BCUT2D eigenvalue weighted by atomic mass is 10.0. The molecule has 4 nitrogen and oxygen atoms in total. The van der Waals surface area contributed by atoms with Gasteiger partial charge >= 0.3 is 0 Å². The third kappa shape index (κ3) is 2.42. The minimum atomic E-state index is -3.02. The Kier molecular flexibility index (Phi) is 3.32. The van der Waals surface area contributed by atoms with Gasteiger partial charge in [-0.3, -0.25) is 0 Å². The molecule has 2 atom stereocenters. The second kappa shape index (κ2) is 3.94. The molecular weight excluding hydrogens is 188 g/mol. The predicted octanol–water partition coefficient (Wildman–Crippen LogP) is 0.148. The molecule has 5 heteroatoms. The molecule has 1 saturated heterocycles. The van der Waals surface area contributed by atoms with E-state index in [9.17, 15) is 8.42 Å². The summed E-state index contributed by atoms with van der Waals surface area (Å²) in [5.74, 6) is 0.187. The van der Waals surface area contributed by atoms with E-state index >= 15 is 0 Å². The topological polar surface area (TPSA) is 63.4 Å². The third-order valence-corrected chi connectivity index (χ3v) is 4.56. The SMILES string of the molecule is CCS(=O)(=O)N1CCC(N)CC1C. The molecule has 78 valence electrons. The van der Waals surface area contributed by atoms with Crippen molar-refractivity contribution in [1.82, 2.24) is 4.31 Å². The van der Waals surface area contributed by atoms with Crippen LogP contribution in [0.2, 0.25) is 0 Å². The van der Waals surface area contributed by atoms with Crippen molar-refractivity contribution in [2.45, 2.75) is 38.8 Å². The number of nitrogens with zero attached hydrogens (tertiary/aromatic N) is 1. The van der Waals surface area contributed by atoms with Gasteiger partial charge in [0.1, 0.15) is 0 Å². The van der Waals surface area contributed by atoms with E-state index in [0.29, 0.717) is 6.54 Å². The Labute approximate surface area is 80.1 Å². The zero-order valence-electron chi connectivity index (χ0n) is 8.23. The van der Waals surface area contributed by atoms with E-state index < -0.39 is 10.0 Å². The van der Waals surface area contributed by atoms with Crippen molar-refractivity contribution in [2.75, 3.05) is 12.3 Å². The molecule has 2 unspecified atom stereocenters. The molecular formula is C8H18N2O2S. The summed E-state index contributed by atoms with van der Waals surface area (Å²) in [4.78, 5) is 0. The molecule has 1 rings (SSSR count). The van der Waals surface area contributed by atoms with Crippen LogP contribution >= 0.6 is 0 Å². The number of sulfonamides is 1. The Morgan fingerprint density at radius 3 is 2.62 bits per heavy atom. The molecule has 1 aliphatic heterocycles. The third-order valence-electron chi connectivity index (χ3n) is 2.58. The molecule has 1 aliphatic rings. The molecule has 0 aromatic carbocycles. The van der Waals surface area contributed by atoms with E-state index in [1.165, 1.54) is 0 Å². The summed E-state index contributed by atoms with van der Waals surface area (Å²) in [6.07, 6.45) is 1.56. The van der Waals surface area contributed by atoms with Gasteiger partial charge in [0.05, 0.1) is 5.75 Å². The van der Waals surface area contributed by atoms with Crippen molar-refractivity contribution in [3.63, 3.8) is 0 Å². The van der Waals surface area contributed by atoms with Crippen molar-refractivity contribution in [1.29, 1.82) is 0 Å². The van der Waals surface area contributed by atoms with Gasteiger partial charge in [-0.05, 0) is 26.7 Å². The monoisotopic (exact) mass is 206 g/mol. The van der Waals surface area contributed by atoms with Gasteiger partial charge in [-0.2, -0.15) is 4.31 Å². The van der Waals surface area contributed by atoms with Gasteiger partial charge in [0, 0.05) is 18.6 Å². The zero-order valence-corrected chi connectivity index (χ0v) is 9.05. The average molecular weight is 206 g/mol. The van der Waals surface area contributed by atoms with Crippen molar-refractivity contribution in [2.24, 2.45) is 5.73 Å². The highest BCUT2D eigenvalue weighted by Crippen LogP contribution is 2.19. The van der Waals surface area contributed by atoms with Crippen LogP contribution in [0.15, 0.2) is 0 Å². The van der Waals surface area contributed by atoms with Crippen LogP contribution in [0.4, 0.5) is 0 Å². The standard InChI is InChI=1S/C8H18N2O2S/c1-3-13(11,12)10-5-4-8(9)6-7(10)2/h7-8H,3-6,9H2,1-2H3.